The molecule has 0 aromatic carbocycles. The molecule has 1 aliphatic heterocycles. The first-order valence-electron chi connectivity index (χ1n) is 7.80. The van der Waals surface area contributed by atoms with Crippen molar-refractivity contribution >= 4 is 17.7 Å². The van der Waals surface area contributed by atoms with Crippen molar-refractivity contribution in [2.75, 3.05) is 39.0 Å². The van der Waals surface area contributed by atoms with Gasteiger partial charge in [0, 0.05) is 43.8 Å². The Labute approximate surface area is 137 Å². The van der Waals surface area contributed by atoms with Crippen molar-refractivity contribution in [3.05, 3.63) is 24.2 Å². The second-order valence-electron chi connectivity index (χ2n) is 5.99. The molecule has 124 valence electrons. The molecule has 0 unspecified atom stereocenters. The predicted octanol–water partition coefficient (Wildman–Crippen LogP) is 2.59. The van der Waals surface area contributed by atoms with Gasteiger partial charge in [-0.1, -0.05) is 0 Å². The number of hydrogen-bond acceptors (Lipinski definition) is 4. The van der Waals surface area contributed by atoms with E-state index in [-0.39, 0.29) is 0 Å². The molecule has 1 aromatic rings. The van der Waals surface area contributed by atoms with Gasteiger partial charge in [-0.05, 0) is 32.4 Å². The predicted molar refractivity (Wildman–Crippen MR) is 92.5 cm³/mol. The number of furan rings is 1. The van der Waals surface area contributed by atoms with Gasteiger partial charge in [0.05, 0.1) is 6.26 Å². The van der Waals surface area contributed by atoms with Crippen molar-refractivity contribution in [1.82, 2.24) is 10.2 Å². The molecule has 0 amide bonds. The van der Waals surface area contributed by atoms with Crippen LogP contribution in [0.25, 0.3) is 0 Å². The first kappa shape index (κ1) is 17.2. The third kappa shape index (κ3) is 5.57. The summed E-state index contributed by atoms with van der Waals surface area (Å²) in [5.41, 5.74) is 0. The molecule has 0 aliphatic carbocycles. The number of rotatable bonds is 6. The zero-order valence-electron chi connectivity index (χ0n) is 13.8. The Balaban J connectivity index is 1.62. The van der Waals surface area contributed by atoms with Gasteiger partial charge in [0.15, 0.2) is 5.96 Å². The van der Waals surface area contributed by atoms with E-state index in [0.717, 1.165) is 43.5 Å². The van der Waals surface area contributed by atoms with Crippen molar-refractivity contribution in [2.24, 2.45) is 4.99 Å². The van der Waals surface area contributed by atoms with Gasteiger partial charge in [-0.25, -0.2) is 0 Å². The highest BCUT2D eigenvalue weighted by Crippen LogP contribution is 2.29. The summed E-state index contributed by atoms with van der Waals surface area (Å²) in [7, 11) is 1.85. The third-order valence-corrected chi connectivity index (χ3v) is 4.81. The van der Waals surface area contributed by atoms with Crippen molar-refractivity contribution in [2.45, 2.75) is 31.6 Å². The van der Waals surface area contributed by atoms with Crippen molar-refractivity contribution in [1.29, 1.82) is 0 Å². The molecule has 1 N–H and O–H groups in total. The summed E-state index contributed by atoms with van der Waals surface area (Å²) in [5.74, 6) is 3.02. The van der Waals surface area contributed by atoms with Gasteiger partial charge < -0.3 is 19.4 Å². The number of ether oxygens (including phenoxy) is 1. The SMILES string of the molecule is CN=C(NCCCOCc1ccco1)N1CCSC(C)(C)C1. The minimum Gasteiger partial charge on any atom is -0.467 e. The molecule has 0 spiro atoms. The molecule has 0 radical (unpaired) electrons. The number of nitrogens with zero attached hydrogens (tertiary/aromatic N) is 2. The lowest BCUT2D eigenvalue weighted by Crippen LogP contribution is -2.51. The van der Waals surface area contributed by atoms with Crippen LogP contribution in [0.5, 0.6) is 0 Å². The molecule has 5 nitrogen and oxygen atoms in total. The van der Waals surface area contributed by atoms with E-state index in [4.69, 9.17) is 9.15 Å². The Morgan fingerprint density at radius 1 is 1.55 bits per heavy atom. The maximum absolute atomic E-state index is 5.58. The Hall–Kier alpha value is -1.14. The normalized spacial score (nSPS) is 18.5. The molecular weight excluding hydrogens is 298 g/mol. The fourth-order valence-electron chi connectivity index (χ4n) is 2.47. The van der Waals surface area contributed by atoms with Crippen LogP contribution in [-0.4, -0.2) is 54.6 Å². The Morgan fingerprint density at radius 2 is 2.41 bits per heavy atom. The topological polar surface area (TPSA) is 50.0 Å². The van der Waals surface area contributed by atoms with E-state index in [9.17, 15) is 0 Å². The van der Waals surface area contributed by atoms with Crippen LogP contribution in [0.15, 0.2) is 27.8 Å². The van der Waals surface area contributed by atoms with Crippen LogP contribution in [0.4, 0.5) is 0 Å². The molecule has 2 rings (SSSR count). The second kappa shape index (κ2) is 8.48. The van der Waals surface area contributed by atoms with Gasteiger partial charge in [0.25, 0.3) is 0 Å². The Kier molecular flexibility index (Phi) is 6.64. The molecule has 22 heavy (non-hydrogen) atoms. The minimum atomic E-state index is 0.294. The van der Waals surface area contributed by atoms with Gasteiger partial charge in [0.1, 0.15) is 12.4 Å². The molecule has 2 heterocycles. The van der Waals surface area contributed by atoms with Gasteiger partial charge in [-0.15, -0.1) is 0 Å². The Morgan fingerprint density at radius 3 is 3.09 bits per heavy atom. The van der Waals surface area contributed by atoms with E-state index in [1.807, 2.05) is 30.9 Å². The lowest BCUT2D eigenvalue weighted by molar-refractivity contribution is 0.104. The van der Waals surface area contributed by atoms with Gasteiger partial charge in [-0.3, -0.25) is 4.99 Å². The Bertz CT molecular complexity index is 460. The van der Waals surface area contributed by atoms with Crippen molar-refractivity contribution in [3.63, 3.8) is 0 Å². The summed E-state index contributed by atoms with van der Waals surface area (Å²) in [6, 6.07) is 3.80. The van der Waals surface area contributed by atoms with Crippen LogP contribution >= 0.6 is 11.8 Å². The quantitative estimate of drug-likeness (QED) is 0.495. The average molecular weight is 325 g/mol. The fraction of sp³-hybridized carbons (Fsp3) is 0.688. The maximum atomic E-state index is 5.58. The third-order valence-electron chi connectivity index (χ3n) is 3.51. The molecule has 1 fully saturated rings. The van der Waals surface area contributed by atoms with E-state index < -0.39 is 0 Å². The zero-order valence-corrected chi connectivity index (χ0v) is 14.6. The average Bonchev–Trinajstić information content (AvgIpc) is 2.98. The van der Waals surface area contributed by atoms with E-state index in [1.165, 1.54) is 0 Å². The number of hydrogen-bond donors (Lipinski definition) is 1. The number of guanidine groups is 1. The van der Waals surface area contributed by atoms with Crippen LogP contribution in [0.2, 0.25) is 0 Å². The fourth-order valence-corrected chi connectivity index (χ4v) is 3.58. The molecule has 0 bridgehead atoms. The van der Waals surface area contributed by atoms with Crippen molar-refractivity contribution in [3.8, 4) is 0 Å². The lowest BCUT2D eigenvalue weighted by Gasteiger charge is -2.39. The first-order valence-corrected chi connectivity index (χ1v) is 8.79. The van der Waals surface area contributed by atoms with Crippen LogP contribution in [0, 0.1) is 0 Å². The molecule has 1 saturated heterocycles. The number of nitrogens with one attached hydrogen (secondary N) is 1. The highest BCUT2D eigenvalue weighted by molar-refractivity contribution is 8.00. The van der Waals surface area contributed by atoms with Gasteiger partial charge in [0.2, 0.25) is 0 Å². The van der Waals surface area contributed by atoms with Crippen LogP contribution in [0.3, 0.4) is 0 Å². The largest absolute Gasteiger partial charge is 0.467 e. The molecule has 6 heteroatoms. The van der Waals surface area contributed by atoms with E-state index in [0.29, 0.717) is 18.0 Å². The van der Waals surface area contributed by atoms with Gasteiger partial charge >= 0.3 is 0 Å². The summed E-state index contributed by atoms with van der Waals surface area (Å²) in [4.78, 5) is 6.75. The first-order chi connectivity index (χ1) is 10.6. The second-order valence-corrected chi connectivity index (χ2v) is 7.79. The molecule has 0 atom stereocenters. The minimum absolute atomic E-state index is 0.294. The van der Waals surface area contributed by atoms with E-state index in [2.05, 4.69) is 29.1 Å². The van der Waals surface area contributed by atoms with Crippen molar-refractivity contribution < 1.29 is 9.15 Å². The van der Waals surface area contributed by atoms with Crippen LogP contribution in [0.1, 0.15) is 26.0 Å². The van der Waals surface area contributed by atoms with E-state index in [1.54, 1.807) is 6.26 Å². The smallest absolute Gasteiger partial charge is 0.193 e. The summed E-state index contributed by atoms with van der Waals surface area (Å²) in [6.07, 6.45) is 2.62. The molecular formula is C16H27N3O2S. The highest BCUT2D eigenvalue weighted by atomic mass is 32.2. The molecule has 1 aromatic heterocycles. The highest BCUT2D eigenvalue weighted by Gasteiger charge is 2.28. The van der Waals surface area contributed by atoms with E-state index >= 15 is 0 Å². The summed E-state index contributed by atoms with van der Waals surface area (Å²) in [6.45, 7) is 8.80. The maximum Gasteiger partial charge on any atom is 0.193 e. The monoisotopic (exact) mass is 325 g/mol. The zero-order chi connectivity index (χ0) is 15.8. The van der Waals surface area contributed by atoms with Crippen LogP contribution < -0.4 is 5.32 Å². The number of aliphatic imine (C=N–C) groups is 1. The summed E-state index contributed by atoms with van der Waals surface area (Å²) in [5, 5.41) is 3.43. The molecule has 0 saturated carbocycles. The van der Waals surface area contributed by atoms with Crippen LogP contribution in [-0.2, 0) is 11.3 Å². The molecule has 1 aliphatic rings. The summed E-state index contributed by atoms with van der Waals surface area (Å²) >= 11 is 2.03. The standard InChI is InChI=1S/C16H27N3O2S/c1-16(2)13-19(8-11-22-16)15(17-3)18-7-5-9-20-12-14-6-4-10-21-14/h4,6,10H,5,7-9,11-13H2,1-3H3,(H,17,18). The lowest BCUT2D eigenvalue weighted by atomic mass is 10.2. The van der Waals surface area contributed by atoms with Gasteiger partial charge in [-0.2, -0.15) is 11.8 Å². The number of thioether (sulfide) groups is 1. The summed E-state index contributed by atoms with van der Waals surface area (Å²) < 4.78 is 11.1.